The number of aromatic nitrogens is 3. The second-order valence-electron chi connectivity index (χ2n) is 6.81. The summed E-state index contributed by atoms with van der Waals surface area (Å²) in [7, 11) is 0. The maximum atomic E-state index is 13.3. The molecule has 0 aliphatic carbocycles. The molecule has 0 bridgehead atoms. The van der Waals surface area contributed by atoms with Crippen molar-refractivity contribution in [2.45, 2.75) is 26.3 Å². The summed E-state index contributed by atoms with van der Waals surface area (Å²) in [4.78, 5) is 28.3. The molecule has 3 aromatic rings. The van der Waals surface area contributed by atoms with Gasteiger partial charge in [-0.3, -0.25) is 19.3 Å². The Labute approximate surface area is 199 Å². The number of hydrogen-bond donors (Lipinski definition) is 2. The molecule has 31 heavy (non-hydrogen) atoms. The molecule has 2 N–H and O–H groups in total. The number of benzene rings is 1. The topological polar surface area (TPSA) is 83.0 Å². The standard InChI is InChI=1S/C20H21Cl2N5O2S2/c1-3-8-26(11-17(28)23-15-10-13(21)6-7-14(15)22)19(29)12(2)27-18(24-25-20(27)30)16-5-4-9-31-16/h4-7,9-10,12H,3,8,11H2,1-2H3,(H,23,28)(H,25,30). The van der Waals surface area contributed by atoms with E-state index in [9.17, 15) is 9.59 Å². The molecule has 0 saturated heterocycles. The van der Waals surface area contributed by atoms with Crippen molar-refractivity contribution in [3.63, 3.8) is 0 Å². The molecule has 1 atom stereocenters. The fraction of sp³-hybridized carbons (Fsp3) is 0.300. The Balaban J connectivity index is 1.79. The number of anilines is 1. The summed E-state index contributed by atoms with van der Waals surface area (Å²) in [5.41, 5.74) is 0.396. The summed E-state index contributed by atoms with van der Waals surface area (Å²) in [6.45, 7) is 3.98. The van der Waals surface area contributed by atoms with Crippen molar-refractivity contribution in [2.24, 2.45) is 0 Å². The minimum atomic E-state index is -0.641. The van der Waals surface area contributed by atoms with Gasteiger partial charge in [-0.25, -0.2) is 0 Å². The van der Waals surface area contributed by atoms with Gasteiger partial charge in [-0.05, 0) is 55.2 Å². The van der Waals surface area contributed by atoms with Gasteiger partial charge in [0.2, 0.25) is 11.8 Å². The first kappa shape index (κ1) is 23.5. The van der Waals surface area contributed by atoms with Crippen molar-refractivity contribution in [1.82, 2.24) is 19.7 Å². The minimum absolute atomic E-state index is 0.126. The normalized spacial score (nSPS) is 11.9. The van der Waals surface area contributed by atoms with E-state index in [4.69, 9.17) is 35.4 Å². The maximum Gasteiger partial charge on any atom is 0.245 e. The van der Waals surface area contributed by atoms with Gasteiger partial charge < -0.3 is 10.2 Å². The van der Waals surface area contributed by atoms with E-state index in [0.717, 1.165) is 4.88 Å². The van der Waals surface area contributed by atoms with Crippen LogP contribution in [-0.2, 0) is 9.59 Å². The van der Waals surface area contributed by atoms with E-state index in [1.54, 1.807) is 29.7 Å². The zero-order valence-corrected chi connectivity index (χ0v) is 20.0. The molecule has 1 unspecified atom stereocenters. The zero-order chi connectivity index (χ0) is 22.5. The lowest BCUT2D eigenvalue weighted by Gasteiger charge is -2.26. The Morgan fingerprint density at radius 1 is 1.35 bits per heavy atom. The van der Waals surface area contributed by atoms with Gasteiger partial charge in [0.1, 0.15) is 6.04 Å². The molecule has 1 aromatic carbocycles. The van der Waals surface area contributed by atoms with Crippen LogP contribution in [0.15, 0.2) is 35.7 Å². The molecular formula is C20H21Cl2N5O2S2. The number of amides is 2. The lowest BCUT2D eigenvalue weighted by Crippen LogP contribution is -2.42. The summed E-state index contributed by atoms with van der Waals surface area (Å²) in [6.07, 6.45) is 0.693. The van der Waals surface area contributed by atoms with Crippen LogP contribution >= 0.6 is 46.8 Å². The fourth-order valence-corrected chi connectivity index (χ4v) is 4.45. The molecule has 2 heterocycles. The summed E-state index contributed by atoms with van der Waals surface area (Å²) in [5, 5.41) is 12.5. The van der Waals surface area contributed by atoms with Crippen LogP contribution in [-0.4, -0.2) is 44.6 Å². The van der Waals surface area contributed by atoms with Crippen molar-refractivity contribution in [1.29, 1.82) is 0 Å². The van der Waals surface area contributed by atoms with Gasteiger partial charge in [-0.1, -0.05) is 36.2 Å². The summed E-state index contributed by atoms with van der Waals surface area (Å²) in [5.74, 6) is -0.00982. The summed E-state index contributed by atoms with van der Waals surface area (Å²) >= 11 is 19.0. The molecule has 0 aliphatic rings. The van der Waals surface area contributed by atoms with Gasteiger partial charge >= 0.3 is 0 Å². The lowest BCUT2D eigenvalue weighted by molar-refractivity contribution is -0.137. The number of rotatable bonds is 8. The number of nitrogens with zero attached hydrogens (tertiary/aromatic N) is 3. The Hall–Kier alpha value is -2.20. The average molecular weight is 498 g/mol. The monoisotopic (exact) mass is 497 g/mol. The smallest absolute Gasteiger partial charge is 0.245 e. The van der Waals surface area contributed by atoms with Gasteiger partial charge in [0, 0.05) is 11.6 Å². The van der Waals surface area contributed by atoms with E-state index in [1.807, 2.05) is 24.4 Å². The zero-order valence-electron chi connectivity index (χ0n) is 16.9. The molecule has 0 saturated carbocycles. The molecule has 2 amide bonds. The van der Waals surface area contributed by atoms with Crippen LogP contribution in [0.2, 0.25) is 10.0 Å². The van der Waals surface area contributed by atoms with Gasteiger partial charge in [-0.2, -0.15) is 5.10 Å². The van der Waals surface area contributed by atoms with Crippen molar-refractivity contribution < 1.29 is 9.59 Å². The second kappa shape index (κ2) is 10.4. The molecule has 11 heteroatoms. The van der Waals surface area contributed by atoms with Crippen molar-refractivity contribution in [3.8, 4) is 10.7 Å². The van der Waals surface area contributed by atoms with Crippen LogP contribution in [0, 0.1) is 4.77 Å². The Morgan fingerprint density at radius 2 is 2.13 bits per heavy atom. The molecule has 2 aromatic heterocycles. The van der Waals surface area contributed by atoms with E-state index in [2.05, 4.69) is 15.5 Å². The number of thiophene rings is 1. The average Bonchev–Trinajstić information content (AvgIpc) is 3.39. The third-order valence-corrected chi connectivity index (χ3v) is 6.25. The molecular weight excluding hydrogens is 477 g/mol. The minimum Gasteiger partial charge on any atom is -0.332 e. The third-order valence-electron chi connectivity index (χ3n) is 4.53. The van der Waals surface area contributed by atoms with Gasteiger partial charge in [0.25, 0.3) is 0 Å². The van der Waals surface area contributed by atoms with Gasteiger partial charge in [0.15, 0.2) is 10.6 Å². The first-order valence-corrected chi connectivity index (χ1v) is 11.6. The Bertz CT molecular complexity index is 1130. The first-order chi connectivity index (χ1) is 14.8. The largest absolute Gasteiger partial charge is 0.332 e. The molecule has 164 valence electrons. The van der Waals surface area contributed by atoms with E-state index < -0.39 is 6.04 Å². The SMILES string of the molecule is CCCN(CC(=O)Nc1cc(Cl)ccc1Cl)C(=O)C(C)n1c(-c2cccs2)n[nH]c1=S. The number of carbonyl (C=O) groups excluding carboxylic acids is 2. The fourth-order valence-electron chi connectivity index (χ4n) is 3.11. The highest BCUT2D eigenvalue weighted by atomic mass is 35.5. The second-order valence-corrected chi connectivity index (χ2v) is 8.99. The molecule has 3 rings (SSSR count). The number of hydrogen-bond acceptors (Lipinski definition) is 5. The number of halogens is 2. The van der Waals surface area contributed by atoms with Crippen LogP contribution < -0.4 is 5.32 Å². The quantitative estimate of drug-likeness (QED) is 0.407. The molecule has 0 radical (unpaired) electrons. The van der Waals surface area contributed by atoms with Crippen molar-refractivity contribution in [3.05, 3.63) is 50.5 Å². The molecule has 7 nitrogen and oxygen atoms in total. The number of aromatic amines is 1. The molecule has 0 spiro atoms. The lowest BCUT2D eigenvalue weighted by atomic mass is 10.2. The van der Waals surface area contributed by atoms with E-state index in [1.165, 1.54) is 16.2 Å². The van der Waals surface area contributed by atoms with Crippen LogP contribution in [0.1, 0.15) is 26.3 Å². The van der Waals surface area contributed by atoms with Crippen molar-refractivity contribution >= 4 is 64.3 Å². The van der Waals surface area contributed by atoms with E-state index >= 15 is 0 Å². The van der Waals surface area contributed by atoms with E-state index in [0.29, 0.717) is 39.3 Å². The highest BCUT2D eigenvalue weighted by molar-refractivity contribution is 7.71. The molecule has 0 fully saturated rings. The number of nitrogens with one attached hydrogen (secondary N) is 2. The van der Waals surface area contributed by atoms with Crippen LogP contribution in [0.5, 0.6) is 0 Å². The third kappa shape index (κ3) is 5.54. The number of carbonyl (C=O) groups is 2. The predicted octanol–water partition coefficient (Wildman–Crippen LogP) is 5.41. The van der Waals surface area contributed by atoms with Crippen LogP contribution in [0.3, 0.4) is 0 Å². The van der Waals surface area contributed by atoms with Crippen molar-refractivity contribution in [2.75, 3.05) is 18.4 Å². The van der Waals surface area contributed by atoms with E-state index in [-0.39, 0.29) is 18.4 Å². The van der Waals surface area contributed by atoms with Crippen LogP contribution in [0.25, 0.3) is 10.7 Å². The summed E-state index contributed by atoms with van der Waals surface area (Å²) in [6, 6.07) is 7.97. The predicted molar refractivity (Wildman–Crippen MR) is 127 cm³/mol. The first-order valence-electron chi connectivity index (χ1n) is 9.56. The van der Waals surface area contributed by atoms with Gasteiger partial charge in [-0.15, -0.1) is 11.3 Å². The Kier molecular flexibility index (Phi) is 7.88. The Morgan fingerprint density at radius 3 is 2.81 bits per heavy atom. The summed E-state index contributed by atoms with van der Waals surface area (Å²) < 4.78 is 2.02. The molecule has 0 aliphatic heterocycles. The van der Waals surface area contributed by atoms with Crippen LogP contribution in [0.4, 0.5) is 5.69 Å². The van der Waals surface area contributed by atoms with Gasteiger partial charge in [0.05, 0.1) is 22.1 Å². The number of H-pyrrole nitrogens is 1. The highest BCUT2D eigenvalue weighted by Gasteiger charge is 2.27. The highest BCUT2D eigenvalue weighted by Crippen LogP contribution is 2.27. The maximum absolute atomic E-state index is 13.3.